The molecule has 5 nitrogen and oxygen atoms in total. The van der Waals surface area contributed by atoms with Crippen LogP contribution in [0.4, 0.5) is 0 Å². The van der Waals surface area contributed by atoms with Crippen LogP contribution >= 0.6 is 0 Å². The molecule has 2 N–H and O–H groups in total. The molecule has 0 atom stereocenters. The van der Waals surface area contributed by atoms with Gasteiger partial charge in [0.2, 0.25) is 5.91 Å². The van der Waals surface area contributed by atoms with Crippen molar-refractivity contribution >= 4 is 5.91 Å². The number of nitrogens with zero attached hydrogens (tertiary/aromatic N) is 2. The Morgan fingerprint density at radius 1 is 1.47 bits per heavy atom. The van der Waals surface area contributed by atoms with Crippen LogP contribution in [0.5, 0.6) is 0 Å². The predicted molar refractivity (Wildman–Crippen MR) is 67.7 cm³/mol. The SMILES string of the molecule is Cn1ccnc1CCNC(=O)CNC(C)(C)C. The lowest BCUT2D eigenvalue weighted by Gasteiger charge is -2.19. The van der Waals surface area contributed by atoms with Crippen LogP contribution in [-0.2, 0) is 18.3 Å². The predicted octanol–water partition coefficient (Wildman–Crippen LogP) is 0.467. The standard InChI is InChI=1S/C12H22N4O/c1-12(2,3)15-9-11(17)14-6-5-10-13-7-8-16(10)4/h7-8,15H,5-6,9H2,1-4H3,(H,14,17). The number of imidazole rings is 1. The summed E-state index contributed by atoms with van der Waals surface area (Å²) in [5.41, 5.74) is -0.0307. The molecule has 1 heterocycles. The summed E-state index contributed by atoms with van der Waals surface area (Å²) < 4.78 is 1.96. The fourth-order valence-electron chi connectivity index (χ4n) is 1.36. The first-order chi connectivity index (χ1) is 7.88. The molecule has 0 saturated heterocycles. The molecule has 0 fully saturated rings. The van der Waals surface area contributed by atoms with Crippen LogP contribution in [0.1, 0.15) is 26.6 Å². The zero-order valence-electron chi connectivity index (χ0n) is 11.1. The normalized spacial score (nSPS) is 11.5. The Hall–Kier alpha value is -1.36. The Kier molecular flexibility index (Phi) is 4.69. The fraction of sp³-hybridized carbons (Fsp3) is 0.667. The van der Waals surface area contributed by atoms with E-state index < -0.39 is 0 Å². The van der Waals surface area contributed by atoms with Gasteiger partial charge in [-0.05, 0) is 20.8 Å². The minimum Gasteiger partial charge on any atom is -0.355 e. The van der Waals surface area contributed by atoms with E-state index in [1.165, 1.54) is 0 Å². The molecule has 1 amide bonds. The lowest BCUT2D eigenvalue weighted by atomic mass is 10.1. The van der Waals surface area contributed by atoms with E-state index in [0.29, 0.717) is 13.1 Å². The van der Waals surface area contributed by atoms with E-state index in [1.54, 1.807) is 6.20 Å². The quantitative estimate of drug-likeness (QED) is 0.784. The fourth-order valence-corrected chi connectivity index (χ4v) is 1.36. The van der Waals surface area contributed by atoms with Gasteiger partial charge >= 0.3 is 0 Å². The zero-order chi connectivity index (χ0) is 12.9. The van der Waals surface area contributed by atoms with Crippen molar-refractivity contribution in [2.75, 3.05) is 13.1 Å². The van der Waals surface area contributed by atoms with Crippen molar-refractivity contribution < 1.29 is 4.79 Å². The summed E-state index contributed by atoms with van der Waals surface area (Å²) in [4.78, 5) is 15.7. The van der Waals surface area contributed by atoms with Crippen molar-refractivity contribution in [1.29, 1.82) is 0 Å². The Bertz CT molecular complexity index is 365. The summed E-state index contributed by atoms with van der Waals surface area (Å²) in [6.45, 7) is 7.08. The van der Waals surface area contributed by atoms with E-state index in [4.69, 9.17) is 0 Å². The maximum atomic E-state index is 11.5. The molecule has 17 heavy (non-hydrogen) atoms. The number of hydrogen-bond donors (Lipinski definition) is 2. The van der Waals surface area contributed by atoms with Crippen LogP contribution in [0.3, 0.4) is 0 Å². The number of aryl methyl sites for hydroxylation is 1. The molecular weight excluding hydrogens is 216 g/mol. The molecule has 0 spiro atoms. The summed E-state index contributed by atoms with van der Waals surface area (Å²) in [7, 11) is 1.95. The second-order valence-corrected chi connectivity index (χ2v) is 5.16. The molecule has 5 heteroatoms. The summed E-state index contributed by atoms with van der Waals surface area (Å²) in [5.74, 6) is 1.00. The molecule has 0 saturated carbocycles. The lowest BCUT2D eigenvalue weighted by Crippen LogP contribution is -2.43. The van der Waals surface area contributed by atoms with E-state index in [0.717, 1.165) is 12.2 Å². The highest BCUT2D eigenvalue weighted by atomic mass is 16.1. The van der Waals surface area contributed by atoms with Crippen LogP contribution in [0.2, 0.25) is 0 Å². The largest absolute Gasteiger partial charge is 0.355 e. The third-order valence-electron chi connectivity index (χ3n) is 2.37. The number of rotatable bonds is 5. The first-order valence-corrected chi connectivity index (χ1v) is 5.86. The third-order valence-corrected chi connectivity index (χ3v) is 2.37. The molecule has 1 aromatic heterocycles. The first kappa shape index (κ1) is 13.7. The van der Waals surface area contributed by atoms with Gasteiger partial charge in [-0.2, -0.15) is 0 Å². The van der Waals surface area contributed by atoms with Crippen molar-refractivity contribution in [3.63, 3.8) is 0 Å². The van der Waals surface area contributed by atoms with Gasteiger partial charge in [-0.3, -0.25) is 4.79 Å². The van der Waals surface area contributed by atoms with E-state index >= 15 is 0 Å². The van der Waals surface area contributed by atoms with E-state index in [9.17, 15) is 4.79 Å². The maximum absolute atomic E-state index is 11.5. The van der Waals surface area contributed by atoms with Crippen molar-refractivity contribution in [3.8, 4) is 0 Å². The minimum absolute atomic E-state index is 0.0223. The Labute approximate surface area is 103 Å². The molecular formula is C12H22N4O. The number of carbonyl (C=O) groups excluding carboxylic acids is 1. The van der Waals surface area contributed by atoms with Gasteiger partial charge in [0.05, 0.1) is 6.54 Å². The molecule has 0 aliphatic carbocycles. The lowest BCUT2D eigenvalue weighted by molar-refractivity contribution is -0.120. The van der Waals surface area contributed by atoms with Gasteiger partial charge in [0.25, 0.3) is 0 Å². The van der Waals surface area contributed by atoms with Crippen molar-refractivity contribution in [2.45, 2.75) is 32.7 Å². The highest BCUT2D eigenvalue weighted by Gasteiger charge is 2.10. The molecule has 0 radical (unpaired) electrons. The summed E-state index contributed by atoms with van der Waals surface area (Å²) in [6.07, 6.45) is 4.42. The van der Waals surface area contributed by atoms with E-state index in [-0.39, 0.29) is 11.4 Å². The number of amides is 1. The monoisotopic (exact) mass is 238 g/mol. The van der Waals surface area contributed by atoms with Crippen molar-refractivity contribution in [3.05, 3.63) is 18.2 Å². The third kappa shape index (κ3) is 5.49. The van der Waals surface area contributed by atoms with Gasteiger partial charge in [0.15, 0.2) is 0 Å². The van der Waals surface area contributed by atoms with Crippen LogP contribution in [-0.4, -0.2) is 34.1 Å². The van der Waals surface area contributed by atoms with E-state index in [2.05, 4.69) is 15.6 Å². The van der Waals surface area contributed by atoms with Gasteiger partial charge in [-0.1, -0.05) is 0 Å². The van der Waals surface area contributed by atoms with Gasteiger partial charge in [0.1, 0.15) is 5.82 Å². The number of nitrogens with one attached hydrogen (secondary N) is 2. The molecule has 0 aliphatic heterocycles. The Morgan fingerprint density at radius 3 is 2.71 bits per heavy atom. The van der Waals surface area contributed by atoms with E-state index in [1.807, 2.05) is 38.6 Å². The average Bonchev–Trinajstić information content (AvgIpc) is 2.61. The number of hydrogen-bond acceptors (Lipinski definition) is 3. The molecule has 0 aliphatic rings. The maximum Gasteiger partial charge on any atom is 0.233 e. The topological polar surface area (TPSA) is 59.0 Å². The number of carbonyl (C=O) groups is 1. The smallest absolute Gasteiger partial charge is 0.233 e. The van der Waals surface area contributed by atoms with Crippen LogP contribution in [0.15, 0.2) is 12.4 Å². The summed E-state index contributed by atoms with van der Waals surface area (Å²) >= 11 is 0. The summed E-state index contributed by atoms with van der Waals surface area (Å²) in [5, 5.41) is 6.01. The second-order valence-electron chi connectivity index (χ2n) is 5.16. The minimum atomic E-state index is -0.0307. The van der Waals surface area contributed by atoms with Crippen LogP contribution < -0.4 is 10.6 Å². The first-order valence-electron chi connectivity index (χ1n) is 5.86. The van der Waals surface area contributed by atoms with Gasteiger partial charge < -0.3 is 15.2 Å². The Morgan fingerprint density at radius 2 is 2.18 bits per heavy atom. The molecule has 1 aromatic rings. The Balaban J connectivity index is 2.19. The molecule has 0 unspecified atom stereocenters. The second kappa shape index (κ2) is 5.82. The van der Waals surface area contributed by atoms with Gasteiger partial charge in [-0.25, -0.2) is 4.98 Å². The van der Waals surface area contributed by atoms with Crippen LogP contribution in [0.25, 0.3) is 0 Å². The molecule has 1 rings (SSSR count). The number of aromatic nitrogens is 2. The van der Waals surface area contributed by atoms with Gasteiger partial charge in [0, 0.05) is 37.9 Å². The zero-order valence-corrected chi connectivity index (χ0v) is 11.1. The highest BCUT2D eigenvalue weighted by Crippen LogP contribution is 1.97. The summed E-state index contributed by atoms with van der Waals surface area (Å²) in [6, 6.07) is 0. The van der Waals surface area contributed by atoms with Gasteiger partial charge in [-0.15, -0.1) is 0 Å². The highest BCUT2D eigenvalue weighted by molar-refractivity contribution is 5.78. The van der Waals surface area contributed by atoms with Crippen molar-refractivity contribution in [1.82, 2.24) is 20.2 Å². The molecule has 0 aromatic carbocycles. The van der Waals surface area contributed by atoms with Crippen LogP contribution in [0, 0.1) is 0 Å². The average molecular weight is 238 g/mol. The molecule has 96 valence electrons. The molecule has 0 bridgehead atoms. The van der Waals surface area contributed by atoms with Crippen molar-refractivity contribution in [2.24, 2.45) is 7.05 Å².